The van der Waals surface area contributed by atoms with Crippen molar-refractivity contribution in [3.05, 3.63) is 35.4 Å². The molecule has 4 N–H and O–H groups in total. The maximum absolute atomic E-state index is 6.04. The first kappa shape index (κ1) is 9.28. The van der Waals surface area contributed by atoms with Crippen molar-refractivity contribution >= 4 is 11.4 Å². The summed E-state index contributed by atoms with van der Waals surface area (Å²) in [5, 5.41) is 0. The first-order valence-electron chi connectivity index (χ1n) is 5.40. The van der Waals surface area contributed by atoms with Crippen molar-refractivity contribution in [2.75, 3.05) is 11.5 Å². The zero-order valence-corrected chi connectivity index (χ0v) is 9.46. The first-order chi connectivity index (χ1) is 7.61. The third-order valence-electron chi connectivity index (χ3n) is 3.39. The van der Waals surface area contributed by atoms with Gasteiger partial charge in [0.15, 0.2) is 0 Å². The molecule has 2 heteroatoms. The summed E-state index contributed by atoms with van der Waals surface area (Å²) in [4.78, 5) is 0. The largest absolute Gasteiger partial charge is 0.397 e. The Labute approximate surface area is 94.9 Å². The average Bonchev–Trinajstić information content (AvgIpc) is 2.19. The maximum Gasteiger partial charge on any atom is 0.0634 e. The Morgan fingerprint density at radius 1 is 0.875 bits per heavy atom. The van der Waals surface area contributed by atoms with Gasteiger partial charge in [0.25, 0.3) is 0 Å². The molecule has 2 aromatic carbocycles. The van der Waals surface area contributed by atoms with E-state index in [1.165, 1.54) is 27.8 Å². The summed E-state index contributed by atoms with van der Waals surface area (Å²) in [5.74, 6) is 0. The molecule has 0 saturated carbocycles. The van der Waals surface area contributed by atoms with Gasteiger partial charge < -0.3 is 11.5 Å². The number of nitrogens with two attached hydrogens (primary N) is 2. The van der Waals surface area contributed by atoms with Crippen molar-refractivity contribution in [3.63, 3.8) is 0 Å². The summed E-state index contributed by atoms with van der Waals surface area (Å²) in [6, 6.07) is 8.27. The van der Waals surface area contributed by atoms with E-state index in [0.717, 1.165) is 11.3 Å². The second-order valence-corrected chi connectivity index (χ2v) is 4.44. The van der Waals surface area contributed by atoms with E-state index in [1.54, 1.807) is 0 Å². The van der Waals surface area contributed by atoms with E-state index in [1.807, 2.05) is 6.07 Å². The fraction of sp³-hybridized carbons (Fsp3) is 0.143. The molecule has 2 nitrogen and oxygen atoms in total. The highest BCUT2D eigenvalue weighted by molar-refractivity contribution is 6.11. The number of nitrogen functional groups attached to an aromatic ring is 2. The van der Waals surface area contributed by atoms with E-state index in [0.29, 0.717) is 5.69 Å². The lowest BCUT2D eigenvalue weighted by Crippen LogP contribution is -2.09. The quantitative estimate of drug-likeness (QED) is 0.560. The van der Waals surface area contributed by atoms with Gasteiger partial charge in [0.05, 0.1) is 11.4 Å². The third-order valence-corrected chi connectivity index (χ3v) is 3.39. The van der Waals surface area contributed by atoms with Gasteiger partial charge in [-0.25, -0.2) is 0 Å². The van der Waals surface area contributed by atoms with Crippen LogP contribution in [0.3, 0.4) is 0 Å². The van der Waals surface area contributed by atoms with Crippen LogP contribution in [-0.2, 0) is 0 Å². The van der Waals surface area contributed by atoms with E-state index < -0.39 is 0 Å². The molecule has 2 aromatic rings. The van der Waals surface area contributed by atoms with Crippen LogP contribution in [0, 0.1) is 13.8 Å². The smallest absolute Gasteiger partial charge is 0.0634 e. The fourth-order valence-corrected chi connectivity index (χ4v) is 2.61. The summed E-state index contributed by atoms with van der Waals surface area (Å²) >= 11 is 0. The molecule has 1 aliphatic carbocycles. The van der Waals surface area contributed by atoms with Gasteiger partial charge in [0.2, 0.25) is 0 Å². The molecule has 16 heavy (non-hydrogen) atoms. The number of fused-ring (bicyclic) bond motifs is 4. The first-order valence-corrected chi connectivity index (χ1v) is 5.40. The van der Waals surface area contributed by atoms with Crippen LogP contribution in [-0.4, -0.2) is 0 Å². The molecule has 0 fully saturated rings. The second-order valence-electron chi connectivity index (χ2n) is 4.44. The molecular formula is C14H14N2. The molecule has 1 aliphatic rings. The Hall–Kier alpha value is -1.96. The summed E-state index contributed by atoms with van der Waals surface area (Å²) in [6.07, 6.45) is 0. The molecule has 0 unspecified atom stereocenters. The maximum atomic E-state index is 6.04. The molecule has 0 radical (unpaired) electrons. The molecule has 0 atom stereocenters. The molecule has 3 rings (SSSR count). The van der Waals surface area contributed by atoms with Crippen LogP contribution in [0.15, 0.2) is 24.3 Å². The summed E-state index contributed by atoms with van der Waals surface area (Å²) in [5.41, 5.74) is 20.8. The highest BCUT2D eigenvalue weighted by atomic mass is 14.7. The van der Waals surface area contributed by atoms with E-state index in [-0.39, 0.29) is 0 Å². The Kier molecular flexibility index (Phi) is 1.62. The second kappa shape index (κ2) is 2.79. The Balaban J connectivity index is 2.40. The lowest BCUT2D eigenvalue weighted by Gasteiger charge is -2.30. The summed E-state index contributed by atoms with van der Waals surface area (Å²) in [7, 11) is 0. The Morgan fingerprint density at radius 3 is 2.38 bits per heavy atom. The fourth-order valence-electron chi connectivity index (χ4n) is 2.61. The van der Waals surface area contributed by atoms with Crippen LogP contribution in [0.4, 0.5) is 11.4 Å². The van der Waals surface area contributed by atoms with Gasteiger partial charge in [-0.15, -0.1) is 0 Å². The van der Waals surface area contributed by atoms with Gasteiger partial charge in [-0.1, -0.05) is 18.2 Å². The number of benzene rings is 2. The van der Waals surface area contributed by atoms with E-state index in [4.69, 9.17) is 11.5 Å². The normalized spacial score (nSPS) is 11.6. The molecular weight excluding hydrogens is 196 g/mol. The highest BCUT2D eigenvalue weighted by Crippen LogP contribution is 2.54. The van der Waals surface area contributed by atoms with E-state index >= 15 is 0 Å². The number of anilines is 2. The van der Waals surface area contributed by atoms with Crippen LogP contribution in [0.1, 0.15) is 11.1 Å². The topological polar surface area (TPSA) is 52.0 Å². The van der Waals surface area contributed by atoms with Crippen molar-refractivity contribution in [2.45, 2.75) is 13.8 Å². The van der Waals surface area contributed by atoms with Gasteiger partial charge in [0, 0.05) is 5.56 Å². The molecule has 0 bridgehead atoms. The minimum atomic E-state index is 0.684. The molecule has 0 amide bonds. The Morgan fingerprint density at radius 2 is 1.62 bits per heavy atom. The highest BCUT2D eigenvalue weighted by Gasteiger charge is 2.28. The number of hydrogen-bond donors (Lipinski definition) is 2. The molecule has 80 valence electrons. The van der Waals surface area contributed by atoms with Crippen LogP contribution in [0.2, 0.25) is 0 Å². The average molecular weight is 210 g/mol. The molecule has 0 saturated heterocycles. The van der Waals surface area contributed by atoms with Crippen molar-refractivity contribution in [2.24, 2.45) is 0 Å². The molecule has 0 spiro atoms. The van der Waals surface area contributed by atoms with E-state index in [2.05, 4.69) is 32.0 Å². The minimum absolute atomic E-state index is 0.684. The lowest BCUT2D eigenvalue weighted by atomic mass is 9.75. The van der Waals surface area contributed by atoms with Gasteiger partial charge >= 0.3 is 0 Å². The molecule has 0 heterocycles. The third kappa shape index (κ3) is 0.915. The SMILES string of the molecule is Cc1cccc2c1-c1c(C)cc(N)c(N)c1-2. The zero-order chi connectivity index (χ0) is 11.4. The minimum Gasteiger partial charge on any atom is -0.397 e. The predicted molar refractivity (Wildman–Crippen MR) is 69.2 cm³/mol. The predicted octanol–water partition coefficient (Wildman–Crippen LogP) is 3.12. The number of rotatable bonds is 0. The molecule has 0 aliphatic heterocycles. The summed E-state index contributed by atoms with van der Waals surface area (Å²) < 4.78 is 0. The van der Waals surface area contributed by atoms with E-state index in [9.17, 15) is 0 Å². The standard InChI is InChI=1S/C14H14N2/c1-7-4-3-5-9-11(7)12-8(2)6-10(15)14(16)13(9)12/h3-6H,15-16H2,1-2H3. The van der Waals surface area contributed by atoms with Gasteiger partial charge in [-0.3, -0.25) is 0 Å². The lowest BCUT2D eigenvalue weighted by molar-refractivity contribution is 1.36. The number of hydrogen-bond acceptors (Lipinski definition) is 2. The number of aryl methyl sites for hydroxylation is 2. The zero-order valence-electron chi connectivity index (χ0n) is 9.46. The van der Waals surface area contributed by atoms with Gasteiger partial charge in [0.1, 0.15) is 0 Å². The van der Waals surface area contributed by atoms with Crippen molar-refractivity contribution < 1.29 is 0 Å². The van der Waals surface area contributed by atoms with Crippen molar-refractivity contribution in [3.8, 4) is 22.3 Å². The van der Waals surface area contributed by atoms with Crippen LogP contribution < -0.4 is 11.5 Å². The monoisotopic (exact) mass is 210 g/mol. The Bertz CT molecular complexity index is 613. The van der Waals surface area contributed by atoms with Crippen LogP contribution >= 0.6 is 0 Å². The van der Waals surface area contributed by atoms with Crippen LogP contribution in [0.25, 0.3) is 22.3 Å². The summed E-state index contributed by atoms with van der Waals surface area (Å²) in [6.45, 7) is 4.22. The molecule has 0 aromatic heterocycles. The van der Waals surface area contributed by atoms with Crippen molar-refractivity contribution in [1.82, 2.24) is 0 Å². The van der Waals surface area contributed by atoms with Gasteiger partial charge in [-0.2, -0.15) is 0 Å². The van der Waals surface area contributed by atoms with Gasteiger partial charge in [-0.05, 0) is 47.7 Å². The van der Waals surface area contributed by atoms with Crippen molar-refractivity contribution in [1.29, 1.82) is 0 Å². The van der Waals surface area contributed by atoms with Crippen LogP contribution in [0.5, 0.6) is 0 Å².